The topological polar surface area (TPSA) is 30.0 Å². The van der Waals surface area contributed by atoms with E-state index < -0.39 is 0 Å². The summed E-state index contributed by atoms with van der Waals surface area (Å²) in [4.78, 5) is 16.6. The van der Waals surface area contributed by atoms with E-state index in [-0.39, 0.29) is 5.78 Å². The zero-order valence-corrected chi connectivity index (χ0v) is 11.2. The van der Waals surface area contributed by atoms with Crippen LogP contribution in [0.15, 0.2) is 30.6 Å². The van der Waals surface area contributed by atoms with Crippen LogP contribution >= 0.6 is 0 Å². The molecule has 2 aromatic rings. The van der Waals surface area contributed by atoms with E-state index in [0.717, 1.165) is 22.3 Å². The van der Waals surface area contributed by atoms with E-state index in [1.807, 2.05) is 45.9 Å². The van der Waals surface area contributed by atoms with Crippen molar-refractivity contribution in [1.82, 2.24) is 4.98 Å². The summed E-state index contributed by atoms with van der Waals surface area (Å²) in [5.41, 5.74) is 5.70. The summed E-state index contributed by atoms with van der Waals surface area (Å²) in [6, 6.07) is 5.96. The van der Waals surface area contributed by atoms with Crippen LogP contribution in [0.25, 0.3) is 0 Å². The fourth-order valence-electron chi connectivity index (χ4n) is 2.37. The summed E-state index contributed by atoms with van der Waals surface area (Å²) >= 11 is 0. The molecule has 0 unspecified atom stereocenters. The van der Waals surface area contributed by atoms with E-state index in [0.29, 0.717) is 5.56 Å². The number of nitrogens with zero attached hydrogens (tertiary/aromatic N) is 1. The number of hydrogen-bond donors (Lipinski definition) is 0. The van der Waals surface area contributed by atoms with Crippen LogP contribution in [0.1, 0.15) is 38.2 Å². The molecule has 1 heterocycles. The molecule has 0 saturated carbocycles. The van der Waals surface area contributed by atoms with Gasteiger partial charge >= 0.3 is 0 Å². The highest BCUT2D eigenvalue weighted by atomic mass is 16.1. The highest BCUT2D eigenvalue weighted by molar-refractivity contribution is 6.11. The Hall–Kier alpha value is -1.96. The van der Waals surface area contributed by atoms with Crippen molar-refractivity contribution in [3.8, 4) is 0 Å². The van der Waals surface area contributed by atoms with Crippen LogP contribution in [0.3, 0.4) is 0 Å². The first-order valence-corrected chi connectivity index (χ1v) is 6.04. The van der Waals surface area contributed by atoms with Gasteiger partial charge in [0.25, 0.3) is 0 Å². The first kappa shape index (κ1) is 12.5. The first-order chi connectivity index (χ1) is 8.50. The molecule has 0 fully saturated rings. The molecule has 2 nitrogen and oxygen atoms in total. The van der Waals surface area contributed by atoms with Crippen LogP contribution in [0.2, 0.25) is 0 Å². The minimum atomic E-state index is 0.0654. The molecule has 2 heteroatoms. The molecule has 0 N–H and O–H groups in total. The fourth-order valence-corrected chi connectivity index (χ4v) is 2.37. The monoisotopic (exact) mass is 239 g/mol. The fraction of sp³-hybridized carbons (Fsp3) is 0.250. The quantitative estimate of drug-likeness (QED) is 0.750. The minimum Gasteiger partial charge on any atom is -0.289 e. The first-order valence-electron chi connectivity index (χ1n) is 6.04. The van der Waals surface area contributed by atoms with E-state index in [1.54, 1.807) is 12.4 Å². The molecular formula is C16H17NO. The number of aryl methyl sites for hydroxylation is 4. The van der Waals surface area contributed by atoms with E-state index in [1.165, 1.54) is 5.56 Å². The average Bonchev–Trinajstić information content (AvgIpc) is 2.27. The highest BCUT2D eigenvalue weighted by Crippen LogP contribution is 2.21. The maximum atomic E-state index is 12.6. The van der Waals surface area contributed by atoms with Gasteiger partial charge in [-0.15, -0.1) is 0 Å². The van der Waals surface area contributed by atoms with Crippen LogP contribution in [-0.4, -0.2) is 10.8 Å². The third kappa shape index (κ3) is 2.19. The SMILES string of the molecule is Cc1cc(C)c(C(=O)c2cnccc2C)c(C)c1. The lowest BCUT2D eigenvalue weighted by Gasteiger charge is -2.11. The second-order valence-corrected chi connectivity index (χ2v) is 4.79. The lowest BCUT2D eigenvalue weighted by atomic mass is 9.92. The van der Waals surface area contributed by atoms with Crippen molar-refractivity contribution >= 4 is 5.78 Å². The molecule has 0 aliphatic heterocycles. The molecule has 18 heavy (non-hydrogen) atoms. The van der Waals surface area contributed by atoms with Crippen LogP contribution in [-0.2, 0) is 0 Å². The Kier molecular flexibility index (Phi) is 3.28. The number of hydrogen-bond acceptors (Lipinski definition) is 2. The Bertz CT molecular complexity index is 591. The van der Waals surface area contributed by atoms with Gasteiger partial charge < -0.3 is 0 Å². The second kappa shape index (κ2) is 4.73. The van der Waals surface area contributed by atoms with Crippen molar-refractivity contribution in [1.29, 1.82) is 0 Å². The maximum Gasteiger partial charge on any atom is 0.195 e. The molecule has 0 bridgehead atoms. The second-order valence-electron chi connectivity index (χ2n) is 4.79. The summed E-state index contributed by atoms with van der Waals surface area (Å²) in [6.45, 7) is 7.95. The number of pyridine rings is 1. The average molecular weight is 239 g/mol. The Labute approximate surface area is 108 Å². The van der Waals surface area contributed by atoms with Crippen LogP contribution in [0.5, 0.6) is 0 Å². The van der Waals surface area contributed by atoms with Crippen molar-refractivity contribution in [2.24, 2.45) is 0 Å². The van der Waals surface area contributed by atoms with Gasteiger partial charge in [-0.1, -0.05) is 17.7 Å². The van der Waals surface area contributed by atoms with Crippen molar-refractivity contribution in [2.75, 3.05) is 0 Å². The Balaban J connectivity index is 2.57. The largest absolute Gasteiger partial charge is 0.289 e. The number of rotatable bonds is 2. The third-order valence-electron chi connectivity index (χ3n) is 3.19. The molecule has 92 valence electrons. The summed E-state index contributed by atoms with van der Waals surface area (Å²) in [5, 5.41) is 0. The van der Waals surface area contributed by atoms with Gasteiger partial charge in [-0.2, -0.15) is 0 Å². The Morgan fingerprint density at radius 1 is 1.00 bits per heavy atom. The van der Waals surface area contributed by atoms with Gasteiger partial charge in [0.05, 0.1) is 0 Å². The lowest BCUT2D eigenvalue weighted by molar-refractivity contribution is 0.103. The molecule has 0 radical (unpaired) electrons. The Morgan fingerprint density at radius 3 is 2.17 bits per heavy atom. The number of benzene rings is 1. The molecule has 0 atom stereocenters. The predicted octanol–water partition coefficient (Wildman–Crippen LogP) is 3.55. The molecular weight excluding hydrogens is 222 g/mol. The number of ketones is 1. The van der Waals surface area contributed by atoms with Gasteiger partial charge in [-0.3, -0.25) is 9.78 Å². The highest BCUT2D eigenvalue weighted by Gasteiger charge is 2.16. The molecule has 1 aromatic heterocycles. The normalized spacial score (nSPS) is 10.4. The van der Waals surface area contributed by atoms with Crippen molar-refractivity contribution in [3.05, 3.63) is 64.0 Å². The standard InChI is InChI=1S/C16H17NO/c1-10-7-12(3)15(13(4)8-10)16(18)14-9-17-6-5-11(14)2/h5-9H,1-4H3. The van der Waals surface area contributed by atoms with Crippen LogP contribution < -0.4 is 0 Å². The zero-order valence-electron chi connectivity index (χ0n) is 11.2. The predicted molar refractivity (Wildman–Crippen MR) is 73.1 cm³/mol. The smallest absolute Gasteiger partial charge is 0.195 e. The van der Waals surface area contributed by atoms with Crippen molar-refractivity contribution in [3.63, 3.8) is 0 Å². The zero-order chi connectivity index (χ0) is 13.3. The van der Waals surface area contributed by atoms with Crippen molar-refractivity contribution < 1.29 is 4.79 Å². The molecule has 0 amide bonds. The van der Waals surface area contributed by atoms with Crippen LogP contribution in [0, 0.1) is 27.7 Å². The molecule has 0 spiro atoms. The maximum absolute atomic E-state index is 12.6. The Morgan fingerprint density at radius 2 is 1.61 bits per heavy atom. The minimum absolute atomic E-state index is 0.0654. The van der Waals surface area contributed by atoms with Gasteiger partial charge in [0, 0.05) is 23.5 Å². The number of aromatic nitrogens is 1. The van der Waals surface area contributed by atoms with E-state index in [2.05, 4.69) is 4.98 Å². The molecule has 1 aromatic carbocycles. The third-order valence-corrected chi connectivity index (χ3v) is 3.19. The van der Waals surface area contributed by atoms with Gasteiger partial charge in [0.2, 0.25) is 0 Å². The van der Waals surface area contributed by atoms with Gasteiger partial charge in [-0.05, 0) is 50.5 Å². The summed E-state index contributed by atoms with van der Waals surface area (Å²) < 4.78 is 0. The molecule has 0 aliphatic rings. The number of carbonyl (C=O) groups excluding carboxylic acids is 1. The van der Waals surface area contributed by atoms with E-state index in [9.17, 15) is 4.79 Å². The van der Waals surface area contributed by atoms with E-state index >= 15 is 0 Å². The summed E-state index contributed by atoms with van der Waals surface area (Å²) in [7, 11) is 0. The molecule has 2 rings (SSSR count). The number of carbonyl (C=O) groups is 1. The van der Waals surface area contributed by atoms with Crippen LogP contribution in [0.4, 0.5) is 0 Å². The van der Waals surface area contributed by atoms with Gasteiger partial charge in [-0.25, -0.2) is 0 Å². The van der Waals surface area contributed by atoms with Gasteiger partial charge in [0.15, 0.2) is 5.78 Å². The molecule has 0 aliphatic carbocycles. The molecule has 0 saturated heterocycles. The summed E-state index contributed by atoms with van der Waals surface area (Å²) in [6.07, 6.45) is 3.36. The summed E-state index contributed by atoms with van der Waals surface area (Å²) in [5.74, 6) is 0.0654. The van der Waals surface area contributed by atoms with Crippen molar-refractivity contribution in [2.45, 2.75) is 27.7 Å². The van der Waals surface area contributed by atoms with Gasteiger partial charge in [0.1, 0.15) is 0 Å². The van der Waals surface area contributed by atoms with E-state index in [4.69, 9.17) is 0 Å². The lowest BCUT2D eigenvalue weighted by Crippen LogP contribution is -2.08.